The summed E-state index contributed by atoms with van der Waals surface area (Å²) < 4.78 is 0. The number of piperidine rings is 1. The van der Waals surface area contributed by atoms with Crippen molar-refractivity contribution >= 4 is 11.9 Å². The Labute approximate surface area is 152 Å². The zero-order valence-electron chi connectivity index (χ0n) is 14.7. The fourth-order valence-electron chi connectivity index (χ4n) is 3.45. The van der Waals surface area contributed by atoms with Gasteiger partial charge in [0.25, 0.3) is 5.91 Å². The van der Waals surface area contributed by atoms with Crippen molar-refractivity contribution < 1.29 is 14.7 Å². The van der Waals surface area contributed by atoms with E-state index in [1.54, 1.807) is 0 Å². The Morgan fingerprint density at radius 2 is 1.81 bits per heavy atom. The average Bonchev–Trinajstić information content (AvgIpc) is 2.69. The second kappa shape index (κ2) is 8.56. The fourth-order valence-corrected chi connectivity index (χ4v) is 3.45. The Kier molecular flexibility index (Phi) is 5.94. The molecule has 1 N–H and O–H groups in total. The van der Waals surface area contributed by atoms with Gasteiger partial charge in [0, 0.05) is 12.6 Å². The number of aromatic nitrogens is 2. The smallest absolute Gasteiger partial charge is 0.356 e. The summed E-state index contributed by atoms with van der Waals surface area (Å²) in [5.74, 6) is -1.30. The molecule has 0 radical (unpaired) electrons. The second-order valence-corrected chi connectivity index (χ2v) is 6.62. The van der Waals surface area contributed by atoms with Gasteiger partial charge in [0.05, 0.1) is 12.4 Å². The maximum atomic E-state index is 12.8. The van der Waals surface area contributed by atoms with Crippen LogP contribution in [0.2, 0.25) is 0 Å². The quantitative estimate of drug-likeness (QED) is 0.862. The molecule has 1 saturated heterocycles. The number of carboxylic acids is 1. The van der Waals surface area contributed by atoms with Gasteiger partial charge in [0.2, 0.25) is 0 Å². The van der Waals surface area contributed by atoms with E-state index in [0.29, 0.717) is 0 Å². The van der Waals surface area contributed by atoms with Crippen LogP contribution in [0.25, 0.3) is 0 Å². The van der Waals surface area contributed by atoms with E-state index in [4.69, 9.17) is 5.11 Å². The summed E-state index contributed by atoms with van der Waals surface area (Å²) in [4.78, 5) is 33.4. The Balaban J connectivity index is 1.62. The number of hydrogen-bond donors (Lipinski definition) is 1. The van der Waals surface area contributed by atoms with E-state index in [-0.39, 0.29) is 23.3 Å². The normalized spacial score (nSPS) is 17.1. The summed E-state index contributed by atoms with van der Waals surface area (Å²) in [5.41, 5.74) is 1.38. The zero-order valence-corrected chi connectivity index (χ0v) is 14.7. The van der Waals surface area contributed by atoms with Gasteiger partial charge in [-0.15, -0.1) is 0 Å². The molecule has 0 saturated carbocycles. The minimum Gasteiger partial charge on any atom is -0.476 e. The molecule has 2 aromatic rings. The first-order chi connectivity index (χ1) is 12.6. The van der Waals surface area contributed by atoms with Gasteiger partial charge in [0.1, 0.15) is 5.69 Å². The zero-order chi connectivity index (χ0) is 18.4. The molecule has 1 amide bonds. The highest BCUT2D eigenvalue weighted by atomic mass is 16.4. The lowest BCUT2D eigenvalue weighted by Gasteiger charge is -2.35. The van der Waals surface area contributed by atoms with Crippen LogP contribution in [0.1, 0.15) is 58.6 Å². The molecule has 6 heteroatoms. The van der Waals surface area contributed by atoms with Crippen molar-refractivity contribution in [2.45, 2.75) is 44.6 Å². The van der Waals surface area contributed by atoms with Gasteiger partial charge in [-0.05, 0) is 44.1 Å². The summed E-state index contributed by atoms with van der Waals surface area (Å²) in [6, 6.07) is 10.6. The molecule has 6 nitrogen and oxygen atoms in total. The number of carbonyl (C=O) groups is 2. The van der Waals surface area contributed by atoms with Gasteiger partial charge in [-0.3, -0.25) is 4.79 Å². The fraction of sp³-hybridized carbons (Fsp3) is 0.400. The van der Waals surface area contributed by atoms with Crippen LogP contribution >= 0.6 is 0 Å². The highest BCUT2D eigenvalue weighted by Crippen LogP contribution is 2.23. The largest absolute Gasteiger partial charge is 0.476 e. The van der Waals surface area contributed by atoms with Gasteiger partial charge in [-0.25, -0.2) is 14.8 Å². The predicted molar refractivity (Wildman–Crippen MR) is 97.0 cm³/mol. The molecular weight excluding hydrogens is 330 g/mol. The maximum Gasteiger partial charge on any atom is 0.356 e. The van der Waals surface area contributed by atoms with E-state index in [1.807, 2.05) is 23.1 Å². The van der Waals surface area contributed by atoms with Gasteiger partial charge in [0.15, 0.2) is 5.69 Å². The number of carbonyl (C=O) groups excluding carboxylic acids is 1. The molecule has 2 heterocycles. The molecule has 1 unspecified atom stereocenters. The van der Waals surface area contributed by atoms with E-state index in [2.05, 4.69) is 22.1 Å². The molecule has 1 aliphatic heterocycles. The van der Waals surface area contributed by atoms with E-state index < -0.39 is 5.97 Å². The number of likely N-dealkylation sites (tertiary alicyclic amines) is 1. The van der Waals surface area contributed by atoms with Crippen molar-refractivity contribution in [3.8, 4) is 0 Å². The van der Waals surface area contributed by atoms with E-state index in [1.165, 1.54) is 11.8 Å². The van der Waals surface area contributed by atoms with Crippen LogP contribution in [0.4, 0.5) is 0 Å². The van der Waals surface area contributed by atoms with Gasteiger partial charge in [-0.2, -0.15) is 0 Å². The number of amides is 1. The maximum absolute atomic E-state index is 12.8. The Hall–Kier alpha value is -2.76. The molecule has 1 fully saturated rings. The lowest BCUT2D eigenvalue weighted by molar-refractivity contribution is 0.0589. The van der Waals surface area contributed by atoms with Gasteiger partial charge in [-0.1, -0.05) is 30.3 Å². The summed E-state index contributed by atoms with van der Waals surface area (Å²) in [5, 5.41) is 8.90. The molecule has 26 heavy (non-hydrogen) atoms. The number of aryl methyl sites for hydroxylation is 1. The van der Waals surface area contributed by atoms with Crippen LogP contribution < -0.4 is 0 Å². The monoisotopic (exact) mass is 353 g/mol. The lowest BCUT2D eigenvalue weighted by Crippen LogP contribution is -2.44. The molecule has 1 aliphatic rings. The van der Waals surface area contributed by atoms with E-state index in [9.17, 15) is 9.59 Å². The molecule has 3 rings (SSSR count). The second-order valence-electron chi connectivity index (χ2n) is 6.62. The third-order valence-corrected chi connectivity index (χ3v) is 4.82. The molecule has 1 atom stereocenters. The van der Waals surface area contributed by atoms with Crippen LogP contribution in [0.5, 0.6) is 0 Å². The van der Waals surface area contributed by atoms with Crippen LogP contribution in [0.3, 0.4) is 0 Å². The first-order valence-corrected chi connectivity index (χ1v) is 9.05. The number of benzene rings is 1. The van der Waals surface area contributed by atoms with Gasteiger partial charge < -0.3 is 10.0 Å². The Morgan fingerprint density at radius 3 is 2.50 bits per heavy atom. The standard InChI is InChI=1S/C20H23N3O3/c24-19(17-13-22-18(14-21-17)20(25)26)23-12-5-4-10-16(23)11-6-9-15-7-2-1-3-8-15/h1-3,7-8,13-14,16H,4-6,9-12H2,(H,25,26). The first-order valence-electron chi connectivity index (χ1n) is 9.05. The molecule has 136 valence electrons. The molecule has 0 spiro atoms. The SMILES string of the molecule is O=C(O)c1cnc(C(=O)N2CCCCC2CCCc2ccccc2)cn1. The number of carboxylic acid groups (broad SMARTS) is 1. The molecular formula is C20H23N3O3. The number of aromatic carboxylic acids is 1. The minimum atomic E-state index is -1.15. The topological polar surface area (TPSA) is 83.4 Å². The van der Waals surface area contributed by atoms with Crippen LogP contribution in [0, 0.1) is 0 Å². The minimum absolute atomic E-state index is 0.153. The predicted octanol–water partition coefficient (Wildman–Crippen LogP) is 3.19. The Morgan fingerprint density at radius 1 is 1.08 bits per heavy atom. The molecule has 1 aromatic carbocycles. The van der Waals surface area contributed by atoms with Crippen molar-refractivity contribution in [1.82, 2.24) is 14.9 Å². The number of rotatable bonds is 6. The van der Waals surface area contributed by atoms with Crippen molar-refractivity contribution in [3.05, 3.63) is 59.7 Å². The van der Waals surface area contributed by atoms with Gasteiger partial charge >= 0.3 is 5.97 Å². The number of nitrogens with zero attached hydrogens (tertiary/aromatic N) is 3. The summed E-state index contributed by atoms with van der Waals surface area (Å²) >= 11 is 0. The first kappa shape index (κ1) is 18.0. The van der Waals surface area contributed by atoms with E-state index >= 15 is 0 Å². The van der Waals surface area contributed by atoms with E-state index in [0.717, 1.165) is 51.3 Å². The highest BCUT2D eigenvalue weighted by molar-refractivity contribution is 5.93. The highest BCUT2D eigenvalue weighted by Gasteiger charge is 2.28. The van der Waals surface area contributed by atoms with Crippen molar-refractivity contribution in [3.63, 3.8) is 0 Å². The third-order valence-electron chi connectivity index (χ3n) is 4.82. The third kappa shape index (κ3) is 4.45. The number of hydrogen-bond acceptors (Lipinski definition) is 4. The van der Waals surface area contributed by atoms with Crippen molar-refractivity contribution in [2.75, 3.05) is 6.54 Å². The van der Waals surface area contributed by atoms with Crippen molar-refractivity contribution in [2.24, 2.45) is 0 Å². The van der Waals surface area contributed by atoms with Crippen LogP contribution in [-0.2, 0) is 6.42 Å². The lowest BCUT2D eigenvalue weighted by atomic mass is 9.95. The summed E-state index contributed by atoms with van der Waals surface area (Å²) in [7, 11) is 0. The Bertz CT molecular complexity index is 747. The average molecular weight is 353 g/mol. The van der Waals surface area contributed by atoms with Crippen molar-refractivity contribution in [1.29, 1.82) is 0 Å². The van der Waals surface area contributed by atoms with Crippen LogP contribution in [0.15, 0.2) is 42.7 Å². The summed E-state index contributed by atoms with van der Waals surface area (Å²) in [6.07, 6.45) is 8.52. The molecule has 0 bridgehead atoms. The summed E-state index contributed by atoms with van der Waals surface area (Å²) in [6.45, 7) is 0.719. The molecule has 0 aliphatic carbocycles. The molecule has 1 aromatic heterocycles. The van der Waals surface area contributed by atoms with Crippen LogP contribution in [-0.4, -0.2) is 44.4 Å².